The molecule has 5 heteroatoms. The molecule has 2 nitrogen and oxygen atoms in total. The second-order valence-corrected chi connectivity index (χ2v) is 3.04. The summed E-state index contributed by atoms with van der Waals surface area (Å²) in [5.41, 5.74) is 5.21. The van der Waals surface area contributed by atoms with E-state index in [4.69, 9.17) is 10.5 Å². The third-order valence-corrected chi connectivity index (χ3v) is 1.91. The van der Waals surface area contributed by atoms with E-state index in [1.54, 1.807) is 12.1 Å². The van der Waals surface area contributed by atoms with E-state index < -0.39 is 0 Å². The van der Waals surface area contributed by atoms with E-state index in [1.807, 2.05) is 0 Å². The first-order valence-corrected chi connectivity index (χ1v) is 4.32. The van der Waals surface area contributed by atoms with Gasteiger partial charge in [0.1, 0.15) is 6.61 Å². The number of para-hydroxylation sites is 1. The van der Waals surface area contributed by atoms with Gasteiger partial charge in [-0.3, -0.25) is 0 Å². The molecule has 2 N–H and O–H groups in total. The highest BCUT2D eigenvalue weighted by Gasteiger charge is 2.05. The van der Waals surface area contributed by atoms with Crippen LogP contribution in [0.3, 0.4) is 0 Å². The lowest BCUT2D eigenvalue weighted by Crippen LogP contribution is -2.11. The molecular formula is C8H10BrClFNO. The minimum Gasteiger partial charge on any atom is -0.488 e. The van der Waals surface area contributed by atoms with Crippen molar-refractivity contribution in [1.82, 2.24) is 0 Å². The van der Waals surface area contributed by atoms with Crippen LogP contribution >= 0.6 is 28.3 Å². The van der Waals surface area contributed by atoms with Crippen LogP contribution in [-0.4, -0.2) is 13.2 Å². The fraction of sp³-hybridized carbons (Fsp3) is 0.250. The number of hydrogen-bond donors (Lipinski definition) is 1. The van der Waals surface area contributed by atoms with Gasteiger partial charge in [0, 0.05) is 6.54 Å². The second kappa shape index (κ2) is 6.18. The van der Waals surface area contributed by atoms with Gasteiger partial charge in [-0.15, -0.1) is 12.4 Å². The van der Waals surface area contributed by atoms with Crippen molar-refractivity contribution in [3.63, 3.8) is 0 Å². The van der Waals surface area contributed by atoms with Gasteiger partial charge < -0.3 is 10.5 Å². The SMILES string of the molecule is Cl.NCCOc1c(F)cccc1Br. The van der Waals surface area contributed by atoms with E-state index in [2.05, 4.69) is 15.9 Å². The Morgan fingerprint density at radius 3 is 2.69 bits per heavy atom. The van der Waals surface area contributed by atoms with Gasteiger partial charge in [0.15, 0.2) is 11.6 Å². The zero-order chi connectivity index (χ0) is 8.97. The molecular weight excluding hydrogens is 260 g/mol. The normalized spacial score (nSPS) is 9.15. The molecule has 74 valence electrons. The third-order valence-electron chi connectivity index (χ3n) is 1.28. The maximum atomic E-state index is 13.0. The number of rotatable bonds is 3. The monoisotopic (exact) mass is 269 g/mol. The first-order chi connectivity index (χ1) is 5.75. The van der Waals surface area contributed by atoms with E-state index in [1.165, 1.54) is 6.07 Å². The molecule has 0 heterocycles. The summed E-state index contributed by atoms with van der Waals surface area (Å²) < 4.78 is 18.7. The molecule has 0 radical (unpaired) electrons. The zero-order valence-corrected chi connectivity index (χ0v) is 9.20. The number of benzene rings is 1. The van der Waals surface area contributed by atoms with Crippen LogP contribution in [0.1, 0.15) is 0 Å². The molecule has 0 aliphatic carbocycles. The lowest BCUT2D eigenvalue weighted by molar-refractivity contribution is 0.309. The fourth-order valence-electron chi connectivity index (χ4n) is 0.781. The Morgan fingerprint density at radius 2 is 2.15 bits per heavy atom. The van der Waals surface area contributed by atoms with Crippen LogP contribution in [0.25, 0.3) is 0 Å². The lowest BCUT2D eigenvalue weighted by atomic mass is 10.3. The van der Waals surface area contributed by atoms with Crippen molar-refractivity contribution in [3.8, 4) is 5.75 Å². The van der Waals surface area contributed by atoms with Crippen LogP contribution in [0.4, 0.5) is 4.39 Å². The summed E-state index contributed by atoms with van der Waals surface area (Å²) in [6, 6.07) is 4.67. The molecule has 0 atom stereocenters. The van der Waals surface area contributed by atoms with Crippen molar-refractivity contribution in [3.05, 3.63) is 28.5 Å². The summed E-state index contributed by atoms with van der Waals surface area (Å²) in [4.78, 5) is 0. The molecule has 0 aliphatic rings. The highest BCUT2D eigenvalue weighted by molar-refractivity contribution is 9.10. The Hall–Kier alpha value is -0.320. The molecule has 0 aromatic heterocycles. The molecule has 1 aromatic rings. The Bertz CT molecular complexity index is 252. The van der Waals surface area contributed by atoms with Crippen LogP contribution in [0.2, 0.25) is 0 Å². The van der Waals surface area contributed by atoms with E-state index >= 15 is 0 Å². The summed E-state index contributed by atoms with van der Waals surface area (Å²) >= 11 is 3.17. The first kappa shape index (κ1) is 12.7. The average Bonchev–Trinajstić information content (AvgIpc) is 2.04. The van der Waals surface area contributed by atoms with Crippen LogP contribution in [0.15, 0.2) is 22.7 Å². The van der Waals surface area contributed by atoms with Gasteiger partial charge >= 0.3 is 0 Å². The maximum Gasteiger partial charge on any atom is 0.169 e. The van der Waals surface area contributed by atoms with Gasteiger partial charge in [0.05, 0.1) is 4.47 Å². The Kier molecular flexibility index (Phi) is 6.03. The number of nitrogens with two attached hydrogens (primary N) is 1. The standard InChI is InChI=1S/C8H9BrFNO.ClH/c9-6-2-1-3-7(10)8(6)12-5-4-11;/h1-3H,4-5,11H2;1H. The van der Waals surface area contributed by atoms with Crippen molar-refractivity contribution >= 4 is 28.3 Å². The molecule has 1 rings (SSSR count). The molecule has 0 saturated heterocycles. The fourth-order valence-corrected chi connectivity index (χ4v) is 1.24. The number of ether oxygens (including phenoxy) is 1. The highest BCUT2D eigenvalue weighted by Crippen LogP contribution is 2.27. The van der Waals surface area contributed by atoms with Crippen molar-refractivity contribution in [1.29, 1.82) is 0 Å². The third kappa shape index (κ3) is 3.50. The van der Waals surface area contributed by atoms with Crippen LogP contribution in [0, 0.1) is 5.82 Å². The predicted molar refractivity (Wildman–Crippen MR) is 55.9 cm³/mol. The first-order valence-electron chi connectivity index (χ1n) is 3.52. The average molecular weight is 271 g/mol. The van der Waals surface area contributed by atoms with E-state index in [9.17, 15) is 4.39 Å². The van der Waals surface area contributed by atoms with Crippen LogP contribution in [-0.2, 0) is 0 Å². The molecule has 0 amide bonds. The van der Waals surface area contributed by atoms with Gasteiger partial charge in [-0.1, -0.05) is 6.07 Å². The summed E-state index contributed by atoms with van der Waals surface area (Å²) in [7, 11) is 0. The summed E-state index contributed by atoms with van der Waals surface area (Å²) in [5.74, 6) is -0.152. The minimum atomic E-state index is -0.377. The predicted octanol–water partition coefficient (Wildman–Crippen LogP) is 2.35. The molecule has 0 fully saturated rings. The Morgan fingerprint density at radius 1 is 1.46 bits per heavy atom. The molecule has 0 bridgehead atoms. The van der Waals surface area contributed by atoms with Crippen molar-refractivity contribution < 1.29 is 9.13 Å². The Labute approximate surface area is 90.8 Å². The molecule has 0 spiro atoms. The van der Waals surface area contributed by atoms with Gasteiger partial charge in [-0.25, -0.2) is 4.39 Å². The number of halogens is 3. The second-order valence-electron chi connectivity index (χ2n) is 2.19. The molecule has 0 saturated carbocycles. The summed E-state index contributed by atoms with van der Waals surface area (Å²) in [5, 5.41) is 0. The van der Waals surface area contributed by atoms with E-state index in [-0.39, 0.29) is 24.0 Å². The largest absolute Gasteiger partial charge is 0.488 e. The highest BCUT2D eigenvalue weighted by atomic mass is 79.9. The van der Waals surface area contributed by atoms with Gasteiger partial charge in [0.2, 0.25) is 0 Å². The smallest absolute Gasteiger partial charge is 0.169 e. The van der Waals surface area contributed by atoms with E-state index in [0.29, 0.717) is 17.6 Å². The van der Waals surface area contributed by atoms with Gasteiger partial charge in [0.25, 0.3) is 0 Å². The summed E-state index contributed by atoms with van der Waals surface area (Å²) in [6.45, 7) is 0.695. The molecule has 0 unspecified atom stereocenters. The number of hydrogen-bond acceptors (Lipinski definition) is 2. The summed E-state index contributed by atoms with van der Waals surface area (Å²) in [6.07, 6.45) is 0. The molecule has 13 heavy (non-hydrogen) atoms. The zero-order valence-electron chi connectivity index (χ0n) is 6.80. The Balaban J connectivity index is 0.00000144. The van der Waals surface area contributed by atoms with Crippen molar-refractivity contribution in [2.75, 3.05) is 13.2 Å². The quantitative estimate of drug-likeness (QED) is 0.915. The van der Waals surface area contributed by atoms with Crippen LogP contribution < -0.4 is 10.5 Å². The van der Waals surface area contributed by atoms with Gasteiger partial charge in [-0.2, -0.15) is 0 Å². The van der Waals surface area contributed by atoms with Crippen molar-refractivity contribution in [2.24, 2.45) is 5.73 Å². The minimum absolute atomic E-state index is 0. The van der Waals surface area contributed by atoms with E-state index in [0.717, 1.165) is 0 Å². The maximum absolute atomic E-state index is 13.0. The van der Waals surface area contributed by atoms with Gasteiger partial charge in [-0.05, 0) is 28.1 Å². The van der Waals surface area contributed by atoms with Crippen LogP contribution in [0.5, 0.6) is 5.75 Å². The lowest BCUT2D eigenvalue weighted by Gasteiger charge is -2.06. The molecule has 1 aromatic carbocycles. The van der Waals surface area contributed by atoms with Crippen molar-refractivity contribution in [2.45, 2.75) is 0 Å². The molecule has 0 aliphatic heterocycles. The topological polar surface area (TPSA) is 35.2 Å².